The minimum atomic E-state index is -4.08. The number of aryl methyl sites for hydroxylation is 1. The Labute approximate surface area is 126 Å². The summed E-state index contributed by atoms with van der Waals surface area (Å²) in [5.41, 5.74) is 0.467. The lowest BCUT2D eigenvalue weighted by Gasteiger charge is -2.11. The third kappa shape index (κ3) is 3.68. The highest BCUT2D eigenvalue weighted by atomic mass is 32.2. The Bertz CT molecular complexity index is 734. The van der Waals surface area contributed by atoms with E-state index >= 15 is 0 Å². The molecule has 1 heterocycles. The lowest BCUT2D eigenvalue weighted by atomic mass is 10.1. The molecule has 0 saturated heterocycles. The van der Waals surface area contributed by atoms with Gasteiger partial charge in [-0.1, -0.05) is 6.07 Å². The Morgan fingerprint density at radius 2 is 2.05 bits per heavy atom. The molecule has 1 amide bonds. The van der Waals surface area contributed by atoms with E-state index in [-0.39, 0.29) is 4.90 Å². The number of carbonyl (C=O) groups excluding carboxylic acids is 1. The van der Waals surface area contributed by atoms with Crippen molar-refractivity contribution in [2.45, 2.75) is 24.7 Å². The van der Waals surface area contributed by atoms with E-state index < -0.39 is 27.7 Å². The highest BCUT2D eigenvalue weighted by molar-refractivity contribution is 7.90. The van der Waals surface area contributed by atoms with Gasteiger partial charge in [0.1, 0.15) is 5.82 Å². The smallest absolute Gasteiger partial charge is 0.264 e. The number of benzene rings is 1. The monoisotopic (exact) mass is 327 g/mol. The molecule has 0 fully saturated rings. The first kappa shape index (κ1) is 15.7. The van der Waals surface area contributed by atoms with Crippen LogP contribution < -0.4 is 4.72 Å². The SMILES string of the molecule is Cc1cc(F)cc(S(=O)(=O)NC(=O)[C@@H](C)c2cccs2)c1. The number of carbonyl (C=O) groups is 1. The predicted molar refractivity (Wildman–Crippen MR) is 79.2 cm³/mol. The summed E-state index contributed by atoms with van der Waals surface area (Å²) >= 11 is 1.37. The molecule has 0 aliphatic rings. The van der Waals surface area contributed by atoms with Gasteiger partial charge in [0.25, 0.3) is 10.0 Å². The lowest BCUT2D eigenvalue weighted by Crippen LogP contribution is -2.33. The van der Waals surface area contributed by atoms with Gasteiger partial charge >= 0.3 is 0 Å². The summed E-state index contributed by atoms with van der Waals surface area (Å²) in [6, 6.07) is 6.96. The molecular formula is C14H14FNO3S2. The van der Waals surface area contributed by atoms with Gasteiger partial charge in [0.2, 0.25) is 5.91 Å². The third-order valence-corrected chi connectivity index (χ3v) is 5.31. The molecule has 7 heteroatoms. The number of amides is 1. The van der Waals surface area contributed by atoms with Crippen molar-refractivity contribution in [1.82, 2.24) is 4.72 Å². The van der Waals surface area contributed by atoms with E-state index in [1.54, 1.807) is 26.0 Å². The van der Waals surface area contributed by atoms with Crippen molar-refractivity contribution in [2.75, 3.05) is 0 Å². The maximum absolute atomic E-state index is 13.3. The fourth-order valence-electron chi connectivity index (χ4n) is 1.80. The Morgan fingerprint density at radius 1 is 1.33 bits per heavy atom. The lowest BCUT2D eigenvalue weighted by molar-refractivity contribution is -0.120. The molecule has 0 aliphatic heterocycles. The number of nitrogens with one attached hydrogen (secondary N) is 1. The highest BCUT2D eigenvalue weighted by Gasteiger charge is 2.23. The summed E-state index contributed by atoms with van der Waals surface area (Å²) in [5.74, 6) is -1.89. The minimum absolute atomic E-state index is 0.258. The normalized spacial score (nSPS) is 12.9. The topological polar surface area (TPSA) is 63.2 Å². The van der Waals surface area contributed by atoms with E-state index in [1.165, 1.54) is 23.5 Å². The molecule has 0 saturated carbocycles. The summed E-state index contributed by atoms with van der Waals surface area (Å²) < 4.78 is 39.5. The first-order valence-corrected chi connectivity index (χ1v) is 8.53. The molecule has 112 valence electrons. The van der Waals surface area contributed by atoms with Gasteiger partial charge < -0.3 is 0 Å². The minimum Gasteiger partial charge on any atom is -0.273 e. The largest absolute Gasteiger partial charge is 0.273 e. The zero-order chi connectivity index (χ0) is 15.6. The summed E-state index contributed by atoms with van der Waals surface area (Å²) in [6.45, 7) is 3.20. The second-order valence-corrected chi connectivity index (χ2v) is 7.33. The van der Waals surface area contributed by atoms with Crippen LogP contribution in [0.1, 0.15) is 23.3 Å². The highest BCUT2D eigenvalue weighted by Crippen LogP contribution is 2.22. The van der Waals surface area contributed by atoms with Gasteiger partial charge in [-0.2, -0.15) is 0 Å². The van der Waals surface area contributed by atoms with Crippen LogP contribution in [0.2, 0.25) is 0 Å². The predicted octanol–water partition coefficient (Wildman–Crippen LogP) is 2.80. The molecule has 1 atom stereocenters. The average Bonchev–Trinajstić information content (AvgIpc) is 2.89. The van der Waals surface area contributed by atoms with Gasteiger partial charge in [0.15, 0.2) is 0 Å². The van der Waals surface area contributed by atoms with Crippen molar-refractivity contribution < 1.29 is 17.6 Å². The molecule has 1 N–H and O–H groups in total. The van der Waals surface area contributed by atoms with Gasteiger partial charge in [-0.3, -0.25) is 4.79 Å². The van der Waals surface area contributed by atoms with Gasteiger partial charge in [0, 0.05) is 4.88 Å². The van der Waals surface area contributed by atoms with Crippen LogP contribution in [0.25, 0.3) is 0 Å². The number of thiophene rings is 1. The molecule has 0 unspecified atom stereocenters. The van der Waals surface area contributed by atoms with Gasteiger partial charge in [-0.15, -0.1) is 11.3 Å². The first-order chi connectivity index (χ1) is 9.79. The fraction of sp³-hybridized carbons (Fsp3) is 0.214. The fourth-order valence-corrected chi connectivity index (χ4v) is 3.76. The second kappa shape index (κ2) is 5.95. The number of hydrogen-bond acceptors (Lipinski definition) is 4. The van der Waals surface area contributed by atoms with Crippen molar-refractivity contribution in [1.29, 1.82) is 0 Å². The van der Waals surface area contributed by atoms with Crippen LogP contribution in [0.5, 0.6) is 0 Å². The number of hydrogen-bond donors (Lipinski definition) is 1. The second-order valence-electron chi connectivity index (χ2n) is 4.67. The molecule has 2 aromatic rings. The number of halogens is 1. The molecular weight excluding hydrogens is 313 g/mol. The van der Waals surface area contributed by atoms with E-state index in [0.717, 1.165) is 10.9 Å². The van der Waals surface area contributed by atoms with Gasteiger partial charge in [-0.25, -0.2) is 17.5 Å². The first-order valence-electron chi connectivity index (χ1n) is 6.17. The summed E-state index contributed by atoms with van der Waals surface area (Å²) in [7, 11) is -4.08. The molecule has 21 heavy (non-hydrogen) atoms. The molecule has 1 aromatic heterocycles. The summed E-state index contributed by atoms with van der Waals surface area (Å²) in [6.07, 6.45) is 0. The van der Waals surface area contributed by atoms with E-state index in [0.29, 0.717) is 5.56 Å². The van der Waals surface area contributed by atoms with E-state index in [2.05, 4.69) is 0 Å². The van der Waals surface area contributed by atoms with E-state index in [1.807, 2.05) is 10.1 Å². The Morgan fingerprint density at radius 3 is 2.62 bits per heavy atom. The third-order valence-electron chi connectivity index (χ3n) is 2.92. The van der Waals surface area contributed by atoms with Crippen LogP contribution >= 0.6 is 11.3 Å². The van der Waals surface area contributed by atoms with Crippen LogP contribution in [0.4, 0.5) is 4.39 Å². The van der Waals surface area contributed by atoms with Crippen LogP contribution in [0.3, 0.4) is 0 Å². The van der Waals surface area contributed by atoms with E-state index in [9.17, 15) is 17.6 Å². The molecule has 4 nitrogen and oxygen atoms in total. The zero-order valence-electron chi connectivity index (χ0n) is 11.5. The van der Waals surface area contributed by atoms with Gasteiger partial charge in [-0.05, 0) is 49.1 Å². The summed E-state index contributed by atoms with van der Waals surface area (Å²) in [4.78, 5) is 12.5. The molecule has 0 bridgehead atoms. The Balaban J connectivity index is 2.23. The average molecular weight is 327 g/mol. The van der Waals surface area contributed by atoms with Crippen molar-refractivity contribution in [3.63, 3.8) is 0 Å². The molecule has 1 aromatic carbocycles. The number of rotatable bonds is 4. The quantitative estimate of drug-likeness (QED) is 0.939. The van der Waals surface area contributed by atoms with Crippen LogP contribution in [-0.2, 0) is 14.8 Å². The zero-order valence-corrected chi connectivity index (χ0v) is 13.1. The summed E-state index contributed by atoms with van der Waals surface area (Å²) in [5, 5.41) is 1.81. The maximum Gasteiger partial charge on any atom is 0.264 e. The van der Waals surface area contributed by atoms with E-state index in [4.69, 9.17) is 0 Å². The van der Waals surface area contributed by atoms with Crippen molar-refractivity contribution >= 4 is 27.3 Å². The number of sulfonamides is 1. The Kier molecular flexibility index (Phi) is 4.43. The van der Waals surface area contributed by atoms with Crippen molar-refractivity contribution in [2.24, 2.45) is 0 Å². The van der Waals surface area contributed by atoms with Crippen molar-refractivity contribution in [3.8, 4) is 0 Å². The molecule has 0 radical (unpaired) electrons. The Hall–Kier alpha value is -1.73. The molecule has 0 aliphatic carbocycles. The van der Waals surface area contributed by atoms with Crippen LogP contribution in [0, 0.1) is 12.7 Å². The van der Waals surface area contributed by atoms with Crippen LogP contribution in [-0.4, -0.2) is 14.3 Å². The van der Waals surface area contributed by atoms with Crippen molar-refractivity contribution in [3.05, 3.63) is 52.0 Å². The maximum atomic E-state index is 13.3. The van der Waals surface area contributed by atoms with Crippen LogP contribution in [0.15, 0.2) is 40.6 Å². The molecule has 2 rings (SSSR count). The molecule has 0 spiro atoms. The van der Waals surface area contributed by atoms with Gasteiger partial charge in [0.05, 0.1) is 10.8 Å². The standard InChI is InChI=1S/C14H14FNO3S2/c1-9-6-11(15)8-12(7-9)21(18,19)16-14(17)10(2)13-4-3-5-20-13/h3-8,10H,1-2H3,(H,16,17)/t10-/m0/s1.